The van der Waals surface area contributed by atoms with Crippen LogP contribution in [0.4, 0.5) is 18.9 Å². The first kappa shape index (κ1) is 29.4. The quantitative estimate of drug-likeness (QED) is 0.362. The maximum atomic E-state index is 15.1. The van der Waals surface area contributed by atoms with E-state index in [-0.39, 0.29) is 50.5 Å². The number of hydrogen-bond acceptors (Lipinski definition) is 4. The van der Waals surface area contributed by atoms with Crippen molar-refractivity contribution in [1.29, 1.82) is 0 Å². The van der Waals surface area contributed by atoms with Crippen LogP contribution in [0, 0.1) is 0 Å². The molecular weight excluding hydrogens is 527 g/mol. The smallest absolute Gasteiger partial charge is 0.248 e. The van der Waals surface area contributed by atoms with E-state index in [1.54, 1.807) is 0 Å². The molecule has 2 atom stereocenters. The number of hydrogen-bond donors (Lipinski definition) is 1. The maximum absolute atomic E-state index is 15.1. The van der Waals surface area contributed by atoms with Crippen LogP contribution >= 0.6 is 0 Å². The number of morpholine rings is 1. The van der Waals surface area contributed by atoms with E-state index in [0.717, 1.165) is 22.4 Å². The van der Waals surface area contributed by atoms with Crippen molar-refractivity contribution in [3.63, 3.8) is 0 Å². The van der Waals surface area contributed by atoms with Gasteiger partial charge in [-0.15, -0.1) is 5.73 Å². The van der Waals surface area contributed by atoms with E-state index in [9.17, 15) is 13.6 Å². The van der Waals surface area contributed by atoms with E-state index in [1.807, 2.05) is 36.2 Å². The Balaban J connectivity index is 0.00000405. The maximum Gasteiger partial charge on any atom is 0.248 e. The van der Waals surface area contributed by atoms with Crippen molar-refractivity contribution < 1.29 is 24.1 Å². The van der Waals surface area contributed by atoms with Crippen molar-refractivity contribution in [2.45, 2.75) is 89.3 Å². The number of anilines is 1. The first-order valence-corrected chi connectivity index (χ1v) is 14.5. The number of carbonyl (C=O) groups excluding carboxylic acids is 1. The fraction of sp³-hybridized carbons (Fsp3) is 0.515. The second-order valence-electron chi connectivity index (χ2n) is 12.6. The number of carbonyl (C=O) groups is 1. The minimum Gasteiger partial charge on any atom is -0.378 e. The molecule has 1 aromatic carbocycles. The highest BCUT2D eigenvalue weighted by Crippen LogP contribution is 2.36. The molecule has 0 bridgehead atoms. The lowest BCUT2D eigenvalue weighted by Gasteiger charge is -2.47. The lowest BCUT2D eigenvalue weighted by atomic mass is 9.87. The molecule has 1 saturated heterocycles. The van der Waals surface area contributed by atoms with E-state index in [1.165, 1.54) is 12.2 Å². The van der Waals surface area contributed by atoms with Gasteiger partial charge in [-0.05, 0) is 73.1 Å². The molecule has 5 rings (SSSR count). The third-order valence-corrected chi connectivity index (χ3v) is 8.30. The molecule has 1 aromatic rings. The van der Waals surface area contributed by atoms with Gasteiger partial charge in [-0.2, -0.15) is 0 Å². The van der Waals surface area contributed by atoms with Crippen LogP contribution in [0.1, 0.15) is 66.8 Å². The van der Waals surface area contributed by atoms with Crippen LogP contribution in [-0.2, 0) is 14.9 Å². The Morgan fingerprint density at radius 1 is 1.20 bits per heavy atom. The molecule has 0 spiro atoms. The predicted octanol–water partition coefficient (Wildman–Crippen LogP) is 6.94. The number of benzene rings is 1. The van der Waals surface area contributed by atoms with Gasteiger partial charge < -0.3 is 10.1 Å². The van der Waals surface area contributed by atoms with Crippen molar-refractivity contribution in [1.82, 2.24) is 10.3 Å². The Bertz CT molecular complexity index is 1310. The fourth-order valence-electron chi connectivity index (χ4n) is 5.82. The molecule has 1 unspecified atom stereocenters. The highest BCUT2D eigenvalue weighted by Gasteiger charge is 2.42. The molecule has 5 nitrogen and oxygen atoms in total. The zero-order valence-electron chi connectivity index (χ0n) is 24.4. The predicted molar refractivity (Wildman–Crippen MR) is 157 cm³/mol. The summed E-state index contributed by atoms with van der Waals surface area (Å²) in [6, 6.07) is 6.72. The summed E-state index contributed by atoms with van der Waals surface area (Å²) in [6.45, 7) is 9.70. The summed E-state index contributed by atoms with van der Waals surface area (Å²) >= 11 is 0. The largest absolute Gasteiger partial charge is 0.378 e. The molecule has 1 N–H and O–H groups in total. The van der Waals surface area contributed by atoms with Crippen LogP contribution in [0.25, 0.3) is 0 Å². The van der Waals surface area contributed by atoms with E-state index in [0.29, 0.717) is 31.8 Å². The third-order valence-electron chi connectivity index (χ3n) is 8.30. The summed E-state index contributed by atoms with van der Waals surface area (Å²) in [6.07, 6.45) is 7.03. The van der Waals surface area contributed by atoms with Gasteiger partial charge in [0.25, 0.3) is 0 Å². The van der Waals surface area contributed by atoms with Gasteiger partial charge in [0.05, 0.1) is 24.9 Å². The summed E-state index contributed by atoms with van der Waals surface area (Å²) in [7, 11) is 0. The number of nitrogens with zero attached hydrogens (tertiary/aromatic N) is 2. The number of hydrazine groups is 1. The van der Waals surface area contributed by atoms with Gasteiger partial charge in [-0.3, -0.25) is 9.80 Å². The Kier molecular flexibility index (Phi) is 8.38. The van der Waals surface area contributed by atoms with Gasteiger partial charge >= 0.3 is 0 Å². The van der Waals surface area contributed by atoms with Crippen LogP contribution in [0.2, 0.25) is 0 Å². The third kappa shape index (κ3) is 7.06. The van der Waals surface area contributed by atoms with E-state index < -0.39 is 17.8 Å². The van der Waals surface area contributed by atoms with Crippen molar-refractivity contribution in [2.24, 2.45) is 0 Å². The first-order chi connectivity index (χ1) is 19.4. The Morgan fingerprint density at radius 3 is 2.51 bits per heavy atom. The lowest BCUT2D eigenvalue weighted by molar-refractivity contribution is -0.125. The van der Waals surface area contributed by atoms with Crippen LogP contribution in [-0.4, -0.2) is 54.7 Å². The molecule has 222 valence electrons. The monoisotopic (exact) mass is 569 g/mol. The zero-order valence-corrected chi connectivity index (χ0v) is 24.4. The average molecular weight is 570 g/mol. The molecule has 41 heavy (non-hydrogen) atoms. The zero-order chi connectivity index (χ0) is 29.4. The highest BCUT2D eigenvalue weighted by molar-refractivity contribution is 5.89. The summed E-state index contributed by atoms with van der Waals surface area (Å²) < 4.78 is 48.7. The van der Waals surface area contributed by atoms with Gasteiger partial charge in [-0.1, -0.05) is 44.6 Å². The molecule has 1 saturated carbocycles. The number of rotatable bonds is 7. The standard InChI is InChI=1S/C33H40F3N3O2.H2/c1-22-5-6-24(20-26(34)19-22)30(31(40)37-27-13-15-33(35,36)16-14-27)39(28-11-9-25(10-12-28)32(2,3)4)38-17-18-41-21-29(38)23-7-8-23;/h5,7,9-12,19-20,27,29-30H,6,13-18,21H2,1-4H3,(H,37,40);1H/t29-,30?;/m1./s1. The van der Waals surface area contributed by atoms with Crippen molar-refractivity contribution in [3.05, 3.63) is 82.4 Å². The van der Waals surface area contributed by atoms with Crippen molar-refractivity contribution >= 4 is 11.6 Å². The molecule has 8 heteroatoms. The Morgan fingerprint density at radius 2 is 1.88 bits per heavy atom. The highest BCUT2D eigenvalue weighted by atomic mass is 19.3. The minimum absolute atomic E-state index is 0. The minimum atomic E-state index is -2.70. The number of amides is 1. The van der Waals surface area contributed by atoms with Crippen molar-refractivity contribution in [3.8, 4) is 0 Å². The number of nitrogens with one attached hydrogen (secondary N) is 1. The van der Waals surface area contributed by atoms with Gasteiger partial charge in [0.15, 0.2) is 0 Å². The molecule has 4 aliphatic rings. The summed E-state index contributed by atoms with van der Waals surface area (Å²) in [5, 5.41) is 7.18. The molecule has 0 radical (unpaired) electrons. The molecule has 2 fully saturated rings. The van der Waals surface area contributed by atoms with Crippen LogP contribution < -0.4 is 10.3 Å². The van der Waals surface area contributed by atoms with Crippen LogP contribution in [0.5, 0.6) is 0 Å². The molecule has 3 aliphatic carbocycles. The van der Waals surface area contributed by atoms with Gasteiger partial charge in [0.2, 0.25) is 11.8 Å². The second kappa shape index (κ2) is 11.7. The SMILES string of the molecule is CC1=CCC(C(C(=O)NC2CCC(F)(F)CC2)N(c2ccc(C(C)(C)C)cc2)N2CCOC[C@@H]2C2=C=C2)=CC(F)=C1.[HH]. The van der Waals surface area contributed by atoms with E-state index >= 15 is 4.39 Å². The van der Waals surface area contributed by atoms with Gasteiger partial charge in [0.1, 0.15) is 11.9 Å². The Labute approximate surface area is 242 Å². The van der Waals surface area contributed by atoms with E-state index in [4.69, 9.17) is 4.74 Å². The Hall–Kier alpha value is -3.06. The normalized spacial score (nSPS) is 23.9. The number of allylic oxidation sites excluding steroid dienone is 5. The average Bonchev–Trinajstić information content (AvgIpc) is 3.77. The van der Waals surface area contributed by atoms with Gasteiger partial charge in [0, 0.05) is 32.4 Å². The van der Waals surface area contributed by atoms with Gasteiger partial charge in [-0.25, -0.2) is 18.2 Å². The molecule has 0 aromatic heterocycles. The molecule has 1 aliphatic heterocycles. The molecular formula is C33H42F3N3O2. The lowest BCUT2D eigenvalue weighted by Crippen LogP contribution is -2.63. The van der Waals surface area contributed by atoms with Crippen LogP contribution in [0.15, 0.2) is 76.8 Å². The number of ether oxygens (including phenoxy) is 1. The molecule has 1 amide bonds. The fourth-order valence-corrected chi connectivity index (χ4v) is 5.82. The summed E-state index contributed by atoms with van der Waals surface area (Å²) in [5.41, 5.74) is 7.45. The van der Waals surface area contributed by atoms with Crippen LogP contribution in [0.3, 0.4) is 0 Å². The van der Waals surface area contributed by atoms with Crippen molar-refractivity contribution in [2.75, 3.05) is 24.8 Å². The summed E-state index contributed by atoms with van der Waals surface area (Å²) in [5.74, 6) is -3.45. The van der Waals surface area contributed by atoms with E-state index in [2.05, 4.69) is 49.0 Å². The first-order valence-electron chi connectivity index (χ1n) is 14.5. The number of alkyl halides is 2. The molecule has 1 heterocycles. The number of halogens is 3. The topological polar surface area (TPSA) is 44.8 Å². The summed E-state index contributed by atoms with van der Waals surface area (Å²) in [4.78, 5) is 14.3. The second-order valence-corrected chi connectivity index (χ2v) is 12.6.